The molecule has 156 valence electrons. The third-order valence-corrected chi connectivity index (χ3v) is 5.22. The lowest BCUT2D eigenvalue weighted by Crippen LogP contribution is -2.37. The average Bonchev–Trinajstić information content (AvgIpc) is 3.35. The molecule has 1 fully saturated rings. The Morgan fingerprint density at radius 3 is 2.90 bits per heavy atom. The first-order valence-corrected chi connectivity index (χ1v) is 10.2. The van der Waals surface area contributed by atoms with Gasteiger partial charge in [-0.3, -0.25) is 4.79 Å². The summed E-state index contributed by atoms with van der Waals surface area (Å²) in [6.45, 7) is 4.62. The van der Waals surface area contributed by atoms with E-state index in [1.54, 1.807) is 37.0 Å². The molecule has 1 unspecified atom stereocenters. The zero-order chi connectivity index (χ0) is 21.1. The van der Waals surface area contributed by atoms with Gasteiger partial charge in [0.15, 0.2) is 11.6 Å². The van der Waals surface area contributed by atoms with Crippen molar-refractivity contribution in [2.24, 2.45) is 0 Å². The number of hydrogen-bond acceptors (Lipinski definition) is 7. The van der Waals surface area contributed by atoms with Crippen molar-refractivity contribution in [2.75, 3.05) is 6.54 Å². The van der Waals surface area contributed by atoms with Crippen LogP contribution in [-0.4, -0.2) is 47.7 Å². The van der Waals surface area contributed by atoms with Crippen molar-refractivity contribution in [1.29, 1.82) is 0 Å². The van der Waals surface area contributed by atoms with Crippen LogP contribution in [0.25, 0.3) is 6.08 Å². The zero-order valence-electron chi connectivity index (χ0n) is 16.8. The van der Waals surface area contributed by atoms with Gasteiger partial charge in [-0.15, -0.1) is 10.2 Å². The fraction of sp³-hybridized carbons (Fsp3) is 0.400. The number of tetrazole rings is 1. The highest BCUT2D eigenvalue weighted by atomic mass is 35.5. The van der Waals surface area contributed by atoms with Gasteiger partial charge < -0.3 is 9.42 Å². The summed E-state index contributed by atoms with van der Waals surface area (Å²) in [6.07, 6.45) is 6.15. The predicted octanol–water partition coefficient (Wildman–Crippen LogP) is 3.14. The van der Waals surface area contributed by atoms with Crippen LogP contribution in [0, 0.1) is 13.8 Å². The number of benzene rings is 1. The van der Waals surface area contributed by atoms with Crippen LogP contribution in [0.2, 0.25) is 5.02 Å². The molecule has 0 bridgehead atoms. The summed E-state index contributed by atoms with van der Waals surface area (Å²) in [5, 5.41) is 16.6. The summed E-state index contributed by atoms with van der Waals surface area (Å²) in [7, 11) is 0. The van der Waals surface area contributed by atoms with Gasteiger partial charge in [0.05, 0.1) is 6.54 Å². The molecule has 2 aromatic heterocycles. The second kappa shape index (κ2) is 8.74. The topological polar surface area (TPSA) is 103 Å². The van der Waals surface area contributed by atoms with Crippen LogP contribution >= 0.6 is 11.6 Å². The normalized spacial score (nSPS) is 17.0. The van der Waals surface area contributed by atoms with E-state index in [1.165, 1.54) is 4.80 Å². The predicted molar refractivity (Wildman–Crippen MR) is 109 cm³/mol. The Bertz CT molecular complexity index is 1070. The summed E-state index contributed by atoms with van der Waals surface area (Å²) >= 11 is 6.17. The van der Waals surface area contributed by atoms with Crippen molar-refractivity contribution in [3.05, 3.63) is 58.0 Å². The Morgan fingerprint density at radius 1 is 1.30 bits per heavy atom. The molecular formula is C20H22ClN7O2. The highest BCUT2D eigenvalue weighted by Gasteiger charge is 2.30. The molecule has 0 spiro atoms. The first kappa shape index (κ1) is 20.2. The molecular weight excluding hydrogens is 406 g/mol. The van der Waals surface area contributed by atoms with Crippen LogP contribution in [0.5, 0.6) is 0 Å². The van der Waals surface area contributed by atoms with Crippen molar-refractivity contribution < 1.29 is 9.32 Å². The molecule has 0 aliphatic carbocycles. The van der Waals surface area contributed by atoms with Crippen LogP contribution in [-0.2, 0) is 11.3 Å². The van der Waals surface area contributed by atoms with Crippen molar-refractivity contribution in [1.82, 2.24) is 35.2 Å². The van der Waals surface area contributed by atoms with E-state index in [-0.39, 0.29) is 11.9 Å². The molecule has 1 amide bonds. The van der Waals surface area contributed by atoms with E-state index in [4.69, 9.17) is 16.1 Å². The lowest BCUT2D eigenvalue weighted by molar-refractivity contribution is -0.130. The third-order valence-electron chi connectivity index (χ3n) is 4.99. The Labute approximate surface area is 178 Å². The van der Waals surface area contributed by atoms with E-state index in [2.05, 4.69) is 25.6 Å². The molecule has 1 aliphatic heterocycles. The number of aromatic nitrogens is 6. The summed E-state index contributed by atoms with van der Waals surface area (Å²) < 4.78 is 5.33. The van der Waals surface area contributed by atoms with Crippen molar-refractivity contribution in [2.45, 2.75) is 45.7 Å². The molecule has 0 saturated carbocycles. The van der Waals surface area contributed by atoms with E-state index in [9.17, 15) is 4.79 Å². The number of aryl methyl sites for hydroxylation is 2. The lowest BCUT2D eigenvalue weighted by Gasteiger charge is -2.32. The second-order valence-electron chi connectivity index (χ2n) is 7.27. The van der Waals surface area contributed by atoms with Crippen LogP contribution in [0.4, 0.5) is 0 Å². The second-order valence-corrected chi connectivity index (χ2v) is 7.70. The Hall–Kier alpha value is -3.07. The van der Waals surface area contributed by atoms with Crippen molar-refractivity contribution in [3.8, 4) is 0 Å². The molecule has 3 aromatic rings. The number of nitrogens with zero attached hydrogens (tertiary/aromatic N) is 7. The van der Waals surface area contributed by atoms with Crippen molar-refractivity contribution in [3.63, 3.8) is 0 Å². The van der Waals surface area contributed by atoms with E-state index in [0.717, 1.165) is 30.4 Å². The van der Waals surface area contributed by atoms with Crippen LogP contribution in [0.3, 0.4) is 0 Å². The molecule has 1 aliphatic rings. The molecule has 30 heavy (non-hydrogen) atoms. The van der Waals surface area contributed by atoms with Gasteiger partial charge in [-0.25, -0.2) is 0 Å². The van der Waals surface area contributed by atoms with Gasteiger partial charge in [0.25, 0.3) is 0 Å². The molecule has 4 rings (SSSR count). The molecule has 3 heterocycles. The number of carbonyl (C=O) groups excluding carboxylic acids is 1. The standard InChI is InChI=1S/C20H22ClN7O2/c1-13-22-20(30-25-13)18-5-3-4-10-27(18)19(29)9-7-15-6-8-17(21)11-16(15)12-28-24-14(2)23-26-28/h6-9,11,18H,3-5,10,12H2,1-2H3. The van der Waals surface area contributed by atoms with Gasteiger partial charge in [-0.1, -0.05) is 22.8 Å². The van der Waals surface area contributed by atoms with Gasteiger partial charge in [0.1, 0.15) is 6.04 Å². The summed E-state index contributed by atoms with van der Waals surface area (Å²) in [5.41, 5.74) is 1.76. The number of rotatable bonds is 5. The maximum absolute atomic E-state index is 13.0. The minimum atomic E-state index is -0.191. The number of carbonyl (C=O) groups is 1. The number of amides is 1. The quantitative estimate of drug-likeness (QED) is 0.576. The summed E-state index contributed by atoms with van der Waals surface area (Å²) in [6, 6.07) is 5.32. The first-order chi connectivity index (χ1) is 14.5. The van der Waals surface area contributed by atoms with Crippen LogP contribution in [0.1, 0.15) is 54.0 Å². The van der Waals surface area contributed by atoms with E-state index in [0.29, 0.717) is 35.7 Å². The Balaban J connectivity index is 1.54. The number of piperidine rings is 1. The van der Waals surface area contributed by atoms with Gasteiger partial charge in [0.2, 0.25) is 11.8 Å². The average molecular weight is 428 g/mol. The van der Waals surface area contributed by atoms with Crippen molar-refractivity contribution >= 4 is 23.6 Å². The van der Waals surface area contributed by atoms with Gasteiger partial charge in [-0.05, 0) is 67.7 Å². The van der Waals surface area contributed by atoms with E-state index < -0.39 is 0 Å². The fourth-order valence-corrected chi connectivity index (χ4v) is 3.77. The molecule has 0 N–H and O–H groups in total. The van der Waals surface area contributed by atoms with E-state index in [1.807, 2.05) is 12.1 Å². The number of hydrogen-bond donors (Lipinski definition) is 0. The Kier molecular flexibility index (Phi) is 5.89. The lowest BCUT2D eigenvalue weighted by atomic mass is 10.0. The van der Waals surface area contributed by atoms with Crippen LogP contribution < -0.4 is 0 Å². The Morgan fingerprint density at radius 2 is 2.17 bits per heavy atom. The smallest absolute Gasteiger partial charge is 0.249 e. The first-order valence-electron chi connectivity index (χ1n) is 9.81. The molecule has 9 nitrogen and oxygen atoms in total. The molecule has 0 radical (unpaired) electrons. The monoisotopic (exact) mass is 427 g/mol. The van der Waals surface area contributed by atoms with Crippen LogP contribution in [0.15, 0.2) is 28.8 Å². The minimum absolute atomic E-state index is 0.0915. The van der Waals surface area contributed by atoms with E-state index >= 15 is 0 Å². The fourth-order valence-electron chi connectivity index (χ4n) is 3.57. The number of halogens is 1. The van der Waals surface area contributed by atoms with Gasteiger partial charge in [0, 0.05) is 17.6 Å². The zero-order valence-corrected chi connectivity index (χ0v) is 17.6. The summed E-state index contributed by atoms with van der Waals surface area (Å²) in [4.78, 5) is 20.6. The van der Waals surface area contributed by atoms with Gasteiger partial charge >= 0.3 is 0 Å². The minimum Gasteiger partial charge on any atom is -0.337 e. The third kappa shape index (κ3) is 4.56. The maximum Gasteiger partial charge on any atom is 0.249 e. The number of likely N-dealkylation sites (tertiary alicyclic amines) is 1. The highest BCUT2D eigenvalue weighted by Crippen LogP contribution is 2.30. The molecule has 10 heteroatoms. The van der Waals surface area contributed by atoms with Gasteiger partial charge in [-0.2, -0.15) is 9.78 Å². The maximum atomic E-state index is 13.0. The largest absolute Gasteiger partial charge is 0.337 e. The summed E-state index contributed by atoms with van der Waals surface area (Å²) in [5.74, 6) is 1.57. The molecule has 1 atom stereocenters. The SMILES string of the molecule is Cc1noc(C2CCCCN2C(=O)C=Cc2ccc(Cl)cc2Cn2nnc(C)n2)n1. The molecule has 1 saturated heterocycles. The highest BCUT2D eigenvalue weighted by molar-refractivity contribution is 6.30. The molecule has 1 aromatic carbocycles.